The molecule has 146 valence electrons. The molecule has 0 aliphatic carbocycles. The summed E-state index contributed by atoms with van der Waals surface area (Å²) >= 11 is 1.71. The van der Waals surface area contributed by atoms with E-state index >= 15 is 0 Å². The number of carbonyl (C=O) groups is 1. The Balaban J connectivity index is 1.41. The van der Waals surface area contributed by atoms with Crippen LogP contribution in [0.3, 0.4) is 0 Å². The molecule has 4 heterocycles. The lowest BCUT2D eigenvalue weighted by Gasteiger charge is -2.29. The predicted molar refractivity (Wildman–Crippen MR) is 107 cm³/mol. The quantitative estimate of drug-likeness (QED) is 0.824. The second kappa shape index (κ2) is 7.98. The maximum absolute atomic E-state index is 12.7. The Morgan fingerprint density at radius 3 is 2.89 bits per heavy atom. The van der Waals surface area contributed by atoms with Crippen molar-refractivity contribution in [2.45, 2.75) is 51.6 Å². The molecule has 8 heteroatoms. The summed E-state index contributed by atoms with van der Waals surface area (Å²) in [5.41, 5.74) is 0.624. The molecule has 0 aromatic carbocycles. The van der Waals surface area contributed by atoms with Gasteiger partial charge in [0.15, 0.2) is 0 Å². The number of nitrogens with one attached hydrogen (secondary N) is 2. The third kappa shape index (κ3) is 4.01. The number of hydrogen-bond acceptors (Lipinski definition) is 6. The zero-order valence-electron chi connectivity index (χ0n) is 16.1. The number of carbonyl (C=O) groups excluding carboxylic acids is 1. The van der Waals surface area contributed by atoms with E-state index in [1.165, 1.54) is 24.1 Å². The van der Waals surface area contributed by atoms with Crippen LogP contribution in [0.15, 0.2) is 12.4 Å². The summed E-state index contributed by atoms with van der Waals surface area (Å²) in [6, 6.07) is 0.355. The molecule has 2 N–H and O–H groups in total. The Labute approximate surface area is 164 Å². The number of hydrogen-bond donors (Lipinski definition) is 2. The molecule has 2 atom stereocenters. The third-order valence-electron chi connectivity index (χ3n) is 5.44. The molecule has 1 saturated heterocycles. The summed E-state index contributed by atoms with van der Waals surface area (Å²) in [4.78, 5) is 20.9. The maximum atomic E-state index is 12.7. The van der Waals surface area contributed by atoms with Gasteiger partial charge >= 0.3 is 0 Å². The van der Waals surface area contributed by atoms with Crippen LogP contribution in [0.5, 0.6) is 0 Å². The minimum Gasteiger partial charge on any atom is -0.360 e. The average Bonchev–Trinajstić information content (AvgIpc) is 3.29. The molecular weight excluding hydrogens is 360 g/mol. The van der Waals surface area contributed by atoms with E-state index in [1.54, 1.807) is 17.5 Å². The van der Waals surface area contributed by atoms with Gasteiger partial charge in [0.1, 0.15) is 16.4 Å². The van der Waals surface area contributed by atoms with E-state index in [-0.39, 0.29) is 18.0 Å². The number of likely N-dealkylation sites (tertiary alicyclic amines) is 1. The van der Waals surface area contributed by atoms with Crippen molar-refractivity contribution in [1.29, 1.82) is 0 Å². The number of thiazole rings is 1. The monoisotopic (exact) mass is 388 g/mol. The van der Waals surface area contributed by atoms with Crippen molar-refractivity contribution in [2.24, 2.45) is 0 Å². The lowest BCUT2D eigenvalue weighted by atomic mass is 10.1. The van der Waals surface area contributed by atoms with Gasteiger partial charge in [0.2, 0.25) is 0 Å². The van der Waals surface area contributed by atoms with Crippen LogP contribution in [-0.4, -0.2) is 51.8 Å². The van der Waals surface area contributed by atoms with Gasteiger partial charge in [0.25, 0.3) is 5.91 Å². The number of amides is 1. The minimum atomic E-state index is -0.0519. The van der Waals surface area contributed by atoms with Gasteiger partial charge in [-0.3, -0.25) is 4.79 Å². The molecule has 2 aromatic heterocycles. The fourth-order valence-corrected chi connectivity index (χ4v) is 4.81. The lowest BCUT2D eigenvalue weighted by molar-refractivity contribution is 0.0947. The van der Waals surface area contributed by atoms with Crippen LogP contribution in [0.4, 0.5) is 5.82 Å². The van der Waals surface area contributed by atoms with Crippen LogP contribution in [-0.2, 0) is 0 Å². The van der Waals surface area contributed by atoms with E-state index in [0.29, 0.717) is 12.1 Å². The lowest BCUT2D eigenvalue weighted by Crippen LogP contribution is -2.38. The second-order valence-corrected chi connectivity index (χ2v) is 8.87. The van der Waals surface area contributed by atoms with Crippen molar-refractivity contribution in [3.8, 4) is 0 Å². The maximum Gasteiger partial charge on any atom is 0.256 e. The molecule has 2 aromatic rings. The Morgan fingerprint density at radius 1 is 1.33 bits per heavy atom. The molecule has 0 saturated carbocycles. The van der Waals surface area contributed by atoms with Crippen molar-refractivity contribution >= 4 is 23.1 Å². The van der Waals surface area contributed by atoms with Crippen molar-refractivity contribution in [3.05, 3.63) is 27.8 Å². The molecule has 0 radical (unpaired) electrons. The molecule has 0 bridgehead atoms. The smallest absolute Gasteiger partial charge is 0.256 e. The molecule has 0 spiro atoms. The van der Waals surface area contributed by atoms with E-state index in [2.05, 4.69) is 39.5 Å². The van der Waals surface area contributed by atoms with Crippen molar-refractivity contribution in [3.63, 3.8) is 0 Å². The summed E-state index contributed by atoms with van der Waals surface area (Å²) in [6.07, 6.45) is 8.37. The molecule has 2 unspecified atom stereocenters. The highest BCUT2D eigenvalue weighted by atomic mass is 32.1. The second-order valence-electron chi connectivity index (χ2n) is 7.60. The van der Waals surface area contributed by atoms with Crippen LogP contribution in [0.2, 0.25) is 0 Å². The molecule has 7 nitrogen and oxygen atoms in total. The number of rotatable bonds is 5. The van der Waals surface area contributed by atoms with Gasteiger partial charge in [0.05, 0.1) is 18.3 Å². The van der Waals surface area contributed by atoms with Gasteiger partial charge in [-0.1, -0.05) is 6.42 Å². The molecule has 2 aliphatic heterocycles. The van der Waals surface area contributed by atoms with E-state index < -0.39 is 0 Å². The largest absolute Gasteiger partial charge is 0.360 e. The standard InChI is InChI=1S/C19H28N6OS/c1-13-10-16(19-21-11-14(2)27-19)23-17-15(12-22-25(13)17)18(26)20-6-9-24-7-4-3-5-8-24/h11-13,16,23H,3-10H2,1-2H3,(H,20,26). The van der Waals surface area contributed by atoms with E-state index in [9.17, 15) is 4.79 Å². The predicted octanol–water partition coefficient (Wildman–Crippen LogP) is 2.98. The average molecular weight is 389 g/mol. The molecule has 1 amide bonds. The molecule has 27 heavy (non-hydrogen) atoms. The molecule has 4 rings (SSSR count). The number of aryl methyl sites for hydroxylation is 1. The molecular formula is C19H28N6OS. The van der Waals surface area contributed by atoms with Crippen LogP contribution >= 0.6 is 11.3 Å². The minimum absolute atomic E-state index is 0.0519. The third-order valence-corrected chi connectivity index (χ3v) is 6.47. The summed E-state index contributed by atoms with van der Waals surface area (Å²) < 4.78 is 1.93. The first-order valence-electron chi connectivity index (χ1n) is 9.88. The Hall–Kier alpha value is -1.93. The topological polar surface area (TPSA) is 75.1 Å². The molecule has 2 aliphatic rings. The van der Waals surface area contributed by atoms with Gasteiger partial charge in [0, 0.05) is 24.2 Å². The van der Waals surface area contributed by atoms with Gasteiger partial charge in [-0.2, -0.15) is 5.10 Å². The van der Waals surface area contributed by atoms with Crippen LogP contribution in [0.25, 0.3) is 0 Å². The first kappa shape index (κ1) is 18.4. The normalized spacial score (nSPS) is 22.9. The van der Waals surface area contributed by atoms with Gasteiger partial charge in [-0.05, 0) is 46.2 Å². The fraction of sp³-hybridized carbons (Fsp3) is 0.632. The number of anilines is 1. The summed E-state index contributed by atoms with van der Waals surface area (Å²) in [6.45, 7) is 8.09. The van der Waals surface area contributed by atoms with Crippen molar-refractivity contribution in [2.75, 3.05) is 31.5 Å². The van der Waals surface area contributed by atoms with Crippen LogP contribution in [0.1, 0.15) is 64.9 Å². The van der Waals surface area contributed by atoms with E-state index in [4.69, 9.17) is 0 Å². The van der Waals surface area contributed by atoms with Crippen molar-refractivity contribution in [1.82, 2.24) is 25.0 Å². The van der Waals surface area contributed by atoms with Gasteiger partial charge in [-0.15, -0.1) is 11.3 Å². The van der Waals surface area contributed by atoms with Crippen molar-refractivity contribution < 1.29 is 4.79 Å². The summed E-state index contributed by atoms with van der Waals surface area (Å²) in [7, 11) is 0. The summed E-state index contributed by atoms with van der Waals surface area (Å²) in [5, 5.41) is 12.1. The first-order chi connectivity index (χ1) is 13.1. The number of piperidine rings is 1. The van der Waals surface area contributed by atoms with Crippen LogP contribution < -0.4 is 10.6 Å². The first-order valence-corrected chi connectivity index (χ1v) is 10.7. The number of aromatic nitrogens is 3. The van der Waals surface area contributed by atoms with Gasteiger partial charge in [-0.25, -0.2) is 9.67 Å². The molecule has 1 fully saturated rings. The highest BCUT2D eigenvalue weighted by molar-refractivity contribution is 7.11. The van der Waals surface area contributed by atoms with E-state index in [1.807, 2.05) is 10.9 Å². The summed E-state index contributed by atoms with van der Waals surface area (Å²) in [5.74, 6) is 0.756. The highest BCUT2D eigenvalue weighted by Gasteiger charge is 2.30. The number of nitrogens with zero attached hydrogens (tertiary/aromatic N) is 4. The highest BCUT2D eigenvalue weighted by Crippen LogP contribution is 2.37. The van der Waals surface area contributed by atoms with E-state index in [0.717, 1.165) is 36.9 Å². The Bertz CT molecular complexity index is 794. The zero-order valence-corrected chi connectivity index (χ0v) is 16.9. The van der Waals surface area contributed by atoms with Gasteiger partial charge < -0.3 is 15.5 Å². The SMILES string of the molecule is Cc1cnc(C2CC(C)n3ncc(C(=O)NCCN4CCCCC4)c3N2)s1. The Morgan fingerprint density at radius 2 is 2.15 bits per heavy atom. The Kier molecular flexibility index (Phi) is 5.45. The van der Waals surface area contributed by atoms with Crippen LogP contribution in [0, 0.1) is 6.92 Å². The fourth-order valence-electron chi connectivity index (χ4n) is 3.97. The zero-order chi connectivity index (χ0) is 18.8. The number of fused-ring (bicyclic) bond motifs is 1.